The van der Waals surface area contributed by atoms with Crippen LogP contribution >= 0.6 is 0 Å². The van der Waals surface area contributed by atoms with Crippen molar-refractivity contribution in [1.29, 1.82) is 0 Å². The van der Waals surface area contributed by atoms with Crippen LogP contribution in [0.1, 0.15) is 37.3 Å². The third kappa shape index (κ3) is 6.04. The molecule has 0 bridgehead atoms. The van der Waals surface area contributed by atoms with Crippen LogP contribution in [0.3, 0.4) is 0 Å². The normalized spacial score (nSPS) is 11.8. The molecule has 0 saturated carbocycles. The summed E-state index contributed by atoms with van der Waals surface area (Å²) < 4.78 is 5.49. The maximum Gasteiger partial charge on any atom is 0.170 e. The van der Waals surface area contributed by atoms with Crippen molar-refractivity contribution in [3.63, 3.8) is 0 Å². The number of unbranched alkanes of at least 4 members (excludes halogenated alkanes) is 1. The van der Waals surface area contributed by atoms with Crippen molar-refractivity contribution >= 4 is 5.84 Å². The number of hydrogen-bond donors (Lipinski definition) is 3. The first-order valence-electron chi connectivity index (χ1n) is 7.13. The summed E-state index contributed by atoms with van der Waals surface area (Å²) in [6.07, 6.45) is 3.28. The lowest BCUT2D eigenvalue weighted by molar-refractivity contribution is 0.129. The van der Waals surface area contributed by atoms with Crippen molar-refractivity contribution in [2.24, 2.45) is 10.9 Å². The summed E-state index contributed by atoms with van der Waals surface area (Å²) in [5.41, 5.74) is 7.43. The predicted octanol–water partition coefficient (Wildman–Crippen LogP) is 2.08. The van der Waals surface area contributed by atoms with E-state index in [1.165, 1.54) is 6.42 Å². The smallest absolute Gasteiger partial charge is 0.170 e. The van der Waals surface area contributed by atoms with Gasteiger partial charge in [0.2, 0.25) is 0 Å². The molecule has 4 N–H and O–H groups in total. The molecule has 0 saturated heterocycles. The van der Waals surface area contributed by atoms with E-state index in [1.807, 2.05) is 24.3 Å². The molecule has 0 spiro atoms. The first kappa shape index (κ1) is 16.5. The summed E-state index contributed by atoms with van der Waals surface area (Å²) in [7, 11) is 0. The lowest BCUT2D eigenvalue weighted by atomic mass is 10.1. The zero-order valence-corrected chi connectivity index (χ0v) is 12.1. The summed E-state index contributed by atoms with van der Waals surface area (Å²) in [6.45, 7) is 5.37. The van der Waals surface area contributed by atoms with Gasteiger partial charge in [-0.1, -0.05) is 42.8 Å². The Bertz CT molecular complexity index is 408. The summed E-state index contributed by atoms with van der Waals surface area (Å²) in [4.78, 5) is 0. The molecule has 112 valence electrons. The summed E-state index contributed by atoms with van der Waals surface area (Å²) >= 11 is 0. The fourth-order valence-corrected chi connectivity index (χ4v) is 1.85. The molecule has 0 fully saturated rings. The second kappa shape index (κ2) is 10.2. The third-order valence-electron chi connectivity index (χ3n) is 3.00. The topological polar surface area (TPSA) is 79.9 Å². The van der Waals surface area contributed by atoms with Crippen LogP contribution in [-0.2, 0) is 11.3 Å². The Morgan fingerprint density at radius 1 is 1.30 bits per heavy atom. The molecule has 1 aromatic carbocycles. The van der Waals surface area contributed by atoms with E-state index in [0.29, 0.717) is 6.54 Å². The Morgan fingerprint density at radius 2 is 2.05 bits per heavy atom. The number of amidine groups is 1. The highest BCUT2D eigenvalue weighted by Gasteiger charge is 2.05. The van der Waals surface area contributed by atoms with E-state index >= 15 is 0 Å². The quantitative estimate of drug-likeness (QED) is 0.201. The lowest BCUT2D eigenvalue weighted by Crippen LogP contribution is -2.21. The highest BCUT2D eigenvalue weighted by Crippen LogP contribution is 2.08. The second-order valence-electron chi connectivity index (χ2n) is 4.64. The molecule has 0 aliphatic heterocycles. The van der Waals surface area contributed by atoms with Gasteiger partial charge < -0.3 is 21.0 Å². The van der Waals surface area contributed by atoms with Gasteiger partial charge in [-0.3, -0.25) is 0 Å². The number of nitrogens with two attached hydrogens (primary N) is 1. The van der Waals surface area contributed by atoms with E-state index in [-0.39, 0.29) is 5.84 Å². The minimum atomic E-state index is 0.144. The van der Waals surface area contributed by atoms with Crippen LogP contribution < -0.4 is 11.1 Å². The molecule has 0 aliphatic rings. The number of rotatable bonds is 10. The van der Waals surface area contributed by atoms with Gasteiger partial charge in [0.05, 0.1) is 0 Å². The first-order valence-corrected chi connectivity index (χ1v) is 7.13. The van der Waals surface area contributed by atoms with Gasteiger partial charge in [-0.05, 0) is 24.9 Å². The van der Waals surface area contributed by atoms with Crippen molar-refractivity contribution in [2.45, 2.75) is 32.7 Å². The fourth-order valence-electron chi connectivity index (χ4n) is 1.85. The zero-order chi connectivity index (χ0) is 14.6. The van der Waals surface area contributed by atoms with Crippen molar-refractivity contribution < 1.29 is 9.94 Å². The third-order valence-corrected chi connectivity index (χ3v) is 3.00. The molecule has 0 unspecified atom stereocenters. The SMILES string of the molecule is CCCCOCCCNCc1ccccc1/C(N)=N/O. The molecule has 1 rings (SSSR count). The highest BCUT2D eigenvalue weighted by atomic mass is 16.5. The van der Waals surface area contributed by atoms with Crippen LogP contribution in [0.4, 0.5) is 0 Å². The standard InChI is InChI=1S/C15H25N3O2/c1-2-3-10-20-11-6-9-17-12-13-7-4-5-8-14(13)15(16)18-19/h4-5,7-8,17,19H,2-3,6,9-12H2,1H3,(H2,16,18). The maximum atomic E-state index is 8.75. The van der Waals surface area contributed by atoms with Gasteiger partial charge in [0.25, 0.3) is 0 Å². The maximum absolute atomic E-state index is 8.75. The van der Waals surface area contributed by atoms with Crippen molar-refractivity contribution in [2.75, 3.05) is 19.8 Å². The predicted molar refractivity (Wildman–Crippen MR) is 81.0 cm³/mol. The van der Waals surface area contributed by atoms with E-state index in [2.05, 4.69) is 17.4 Å². The molecule has 0 aliphatic carbocycles. The molecule has 0 aromatic heterocycles. The van der Waals surface area contributed by atoms with Gasteiger partial charge in [-0.15, -0.1) is 0 Å². The molecule has 20 heavy (non-hydrogen) atoms. The number of oxime groups is 1. The van der Waals surface area contributed by atoms with Crippen molar-refractivity contribution in [3.8, 4) is 0 Å². The van der Waals surface area contributed by atoms with E-state index in [0.717, 1.165) is 43.7 Å². The fraction of sp³-hybridized carbons (Fsp3) is 0.533. The van der Waals surface area contributed by atoms with E-state index in [1.54, 1.807) is 0 Å². The first-order chi connectivity index (χ1) is 9.79. The average molecular weight is 279 g/mol. The van der Waals surface area contributed by atoms with Gasteiger partial charge in [-0.2, -0.15) is 0 Å². The average Bonchev–Trinajstić information content (AvgIpc) is 2.49. The summed E-state index contributed by atoms with van der Waals surface area (Å²) in [5.74, 6) is 0.144. The van der Waals surface area contributed by atoms with Gasteiger partial charge in [0.15, 0.2) is 5.84 Å². The molecule has 5 nitrogen and oxygen atoms in total. The minimum Gasteiger partial charge on any atom is -0.409 e. The molecule has 0 amide bonds. The monoisotopic (exact) mass is 279 g/mol. The number of ether oxygens (including phenoxy) is 1. The van der Waals surface area contributed by atoms with Crippen LogP contribution in [-0.4, -0.2) is 30.8 Å². The minimum absolute atomic E-state index is 0.144. The zero-order valence-electron chi connectivity index (χ0n) is 12.1. The van der Waals surface area contributed by atoms with Crippen LogP contribution in [0.5, 0.6) is 0 Å². The number of nitrogens with zero attached hydrogens (tertiary/aromatic N) is 1. The summed E-state index contributed by atoms with van der Waals surface area (Å²) in [5, 5.41) is 15.1. The van der Waals surface area contributed by atoms with Crippen LogP contribution in [0.2, 0.25) is 0 Å². The highest BCUT2D eigenvalue weighted by molar-refractivity contribution is 5.98. The second-order valence-corrected chi connectivity index (χ2v) is 4.64. The molecule has 0 atom stereocenters. The Hall–Kier alpha value is -1.59. The van der Waals surface area contributed by atoms with Crippen molar-refractivity contribution in [3.05, 3.63) is 35.4 Å². The van der Waals surface area contributed by atoms with Gasteiger partial charge in [-0.25, -0.2) is 0 Å². The molecule has 1 aromatic rings. The van der Waals surface area contributed by atoms with Gasteiger partial charge >= 0.3 is 0 Å². The number of nitrogens with one attached hydrogen (secondary N) is 1. The molecule has 5 heteroatoms. The Kier molecular flexibility index (Phi) is 8.42. The molecular weight excluding hydrogens is 254 g/mol. The Balaban J connectivity index is 2.25. The van der Waals surface area contributed by atoms with E-state index in [9.17, 15) is 0 Å². The number of hydrogen-bond acceptors (Lipinski definition) is 4. The summed E-state index contributed by atoms with van der Waals surface area (Å²) in [6, 6.07) is 7.63. The van der Waals surface area contributed by atoms with Crippen molar-refractivity contribution in [1.82, 2.24) is 5.32 Å². The largest absolute Gasteiger partial charge is 0.409 e. The Morgan fingerprint density at radius 3 is 2.80 bits per heavy atom. The van der Waals surface area contributed by atoms with Crippen LogP contribution in [0.15, 0.2) is 29.4 Å². The van der Waals surface area contributed by atoms with Crippen LogP contribution in [0.25, 0.3) is 0 Å². The molecule has 0 radical (unpaired) electrons. The lowest BCUT2D eigenvalue weighted by Gasteiger charge is -2.09. The van der Waals surface area contributed by atoms with Gasteiger partial charge in [0, 0.05) is 25.3 Å². The van der Waals surface area contributed by atoms with E-state index < -0.39 is 0 Å². The number of benzene rings is 1. The van der Waals surface area contributed by atoms with E-state index in [4.69, 9.17) is 15.7 Å². The molecular formula is C15H25N3O2. The molecule has 0 heterocycles. The Labute approximate surface area is 120 Å². The van der Waals surface area contributed by atoms with Crippen LogP contribution in [0, 0.1) is 0 Å². The van der Waals surface area contributed by atoms with Gasteiger partial charge in [0.1, 0.15) is 0 Å².